The Morgan fingerprint density at radius 3 is 2.25 bits per heavy atom. The summed E-state index contributed by atoms with van der Waals surface area (Å²) in [5.74, 6) is -0.205. The Hall–Kier alpha value is -1.19. The van der Waals surface area contributed by atoms with Gasteiger partial charge in [0, 0.05) is 21.2 Å². The van der Waals surface area contributed by atoms with Crippen LogP contribution < -0.4 is 5.73 Å². The molecule has 0 bridgehead atoms. The number of halogens is 1. The predicted octanol–water partition coefficient (Wildman–Crippen LogP) is 4.30. The minimum atomic E-state index is -0.205. The van der Waals surface area contributed by atoms with Crippen molar-refractivity contribution in [3.63, 3.8) is 0 Å². The van der Waals surface area contributed by atoms with E-state index in [9.17, 15) is 4.39 Å². The summed E-state index contributed by atoms with van der Waals surface area (Å²) in [4.78, 5) is 2.72. The summed E-state index contributed by atoms with van der Waals surface area (Å²) >= 11 is 1.83. The first-order valence-corrected chi connectivity index (χ1v) is 7.84. The zero-order chi connectivity index (χ0) is 14.8. The van der Waals surface area contributed by atoms with Gasteiger partial charge in [0.15, 0.2) is 0 Å². The summed E-state index contributed by atoms with van der Waals surface area (Å²) in [7, 11) is 0. The van der Waals surface area contributed by atoms with Crippen molar-refractivity contribution in [2.75, 3.05) is 0 Å². The van der Waals surface area contributed by atoms with Gasteiger partial charge in [-0.2, -0.15) is 0 Å². The average molecular weight is 291 g/mol. The molecule has 1 unspecified atom stereocenters. The van der Waals surface area contributed by atoms with E-state index in [0.717, 1.165) is 18.4 Å². The molecule has 0 aliphatic carbocycles. The van der Waals surface area contributed by atoms with E-state index >= 15 is 0 Å². The molecule has 2 N–H and O–H groups in total. The van der Waals surface area contributed by atoms with Gasteiger partial charge < -0.3 is 5.73 Å². The highest BCUT2D eigenvalue weighted by Gasteiger charge is 2.28. The van der Waals surface area contributed by atoms with Crippen LogP contribution in [0.2, 0.25) is 0 Å². The van der Waals surface area contributed by atoms with Crippen LogP contribution in [0.1, 0.15) is 36.1 Å². The summed E-state index contributed by atoms with van der Waals surface area (Å²) in [5.41, 5.74) is 7.32. The van der Waals surface area contributed by atoms with Crippen molar-refractivity contribution < 1.29 is 4.39 Å². The molecule has 0 fully saturated rings. The minimum absolute atomic E-state index is 0.0105. The van der Waals surface area contributed by atoms with E-state index < -0.39 is 0 Å². The fourth-order valence-electron chi connectivity index (χ4n) is 2.29. The van der Waals surface area contributed by atoms with E-state index in [4.69, 9.17) is 5.73 Å². The second-order valence-corrected chi connectivity index (χ2v) is 7.01. The van der Waals surface area contributed by atoms with Gasteiger partial charge in [0.05, 0.1) is 0 Å². The highest BCUT2D eigenvalue weighted by atomic mass is 32.1. The van der Waals surface area contributed by atoms with Crippen LogP contribution in [-0.2, 0) is 18.3 Å². The van der Waals surface area contributed by atoms with Crippen LogP contribution in [0.25, 0.3) is 0 Å². The largest absolute Gasteiger partial charge is 0.327 e. The molecule has 0 radical (unpaired) electrons. The molecule has 1 aromatic heterocycles. The molecule has 0 amide bonds. The molecule has 0 spiro atoms. The molecule has 1 heterocycles. The van der Waals surface area contributed by atoms with Crippen LogP contribution in [0.4, 0.5) is 4.39 Å². The van der Waals surface area contributed by atoms with Gasteiger partial charge in [-0.05, 0) is 42.7 Å². The number of hydrogen-bond donors (Lipinski definition) is 1. The maximum atomic E-state index is 13.0. The number of benzene rings is 1. The van der Waals surface area contributed by atoms with E-state index in [1.165, 1.54) is 21.9 Å². The van der Waals surface area contributed by atoms with Crippen LogP contribution in [0.3, 0.4) is 0 Å². The van der Waals surface area contributed by atoms with Gasteiger partial charge in [0.25, 0.3) is 0 Å². The third-order valence-electron chi connectivity index (χ3n) is 4.00. The average Bonchev–Trinajstić information content (AvgIpc) is 2.87. The molecule has 1 nitrogen and oxygen atoms in total. The number of thiophene rings is 1. The molecular weight excluding hydrogens is 269 g/mol. The van der Waals surface area contributed by atoms with Crippen molar-refractivity contribution in [3.8, 4) is 0 Å². The Morgan fingerprint density at radius 2 is 1.70 bits per heavy atom. The Labute approximate surface area is 124 Å². The van der Waals surface area contributed by atoms with Crippen LogP contribution in [0, 0.1) is 5.82 Å². The first-order valence-electron chi connectivity index (χ1n) is 7.02. The van der Waals surface area contributed by atoms with Crippen molar-refractivity contribution in [2.45, 2.75) is 45.1 Å². The van der Waals surface area contributed by atoms with Gasteiger partial charge in [-0.1, -0.05) is 32.9 Å². The Kier molecular flexibility index (Phi) is 4.61. The van der Waals surface area contributed by atoms with Gasteiger partial charge in [-0.25, -0.2) is 4.39 Å². The molecule has 0 aliphatic heterocycles. The molecule has 0 saturated heterocycles. The molecule has 2 aromatic rings. The Balaban J connectivity index is 2.13. The highest BCUT2D eigenvalue weighted by Crippen LogP contribution is 2.29. The summed E-state index contributed by atoms with van der Waals surface area (Å²) in [6.45, 7) is 6.41. The SMILES string of the molecule is CCc1ccc(CC(N)C(C)(C)c2ccc(F)cc2)s1. The summed E-state index contributed by atoms with van der Waals surface area (Å²) in [6, 6.07) is 11.0. The number of nitrogens with two attached hydrogens (primary N) is 1. The predicted molar refractivity (Wildman–Crippen MR) is 84.8 cm³/mol. The van der Waals surface area contributed by atoms with Crippen molar-refractivity contribution in [2.24, 2.45) is 5.73 Å². The van der Waals surface area contributed by atoms with E-state index in [1.807, 2.05) is 23.5 Å². The monoisotopic (exact) mass is 291 g/mol. The topological polar surface area (TPSA) is 26.0 Å². The lowest BCUT2D eigenvalue weighted by Crippen LogP contribution is -2.42. The number of aryl methyl sites for hydroxylation is 1. The highest BCUT2D eigenvalue weighted by molar-refractivity contribution is 7.11. The van der Waals surface area contributed by atoms with Crippen molar-refractivity contribution >= 4 is 11.3 Å². The fourth-order valence-corrected chi connectivity index (χ4v) is 3.30. The Bertz CT molecular complexity index is 557. The van der Waals surface area contributed by atoms with Crippen molar-refractivity contribution in [1.82, 2.24) is 0 Å². The van der Waals surface area contributed by atoms with Crippen LogP contribution in [0.5, 0.6) is 0 Å². The lowest BCUT2D eigenvalue weighted by molar-refractivity contribution is 0.407. The van der Waals surface area contributed by atoms with Gasteiger partial charge in [0.1, 0.15) is 5.82 Å². The minimum Gasteiger partial charge on any atom is -0.327 e. The van der Waals surface area contributed by atoms with E-state index in [1.54, 1.807) is 0 Å². The third kappa shape index (κ3) is 3.28. The normalized spacial score (nSPS) is 13.4. The van der Waals surface area contributed by atoms with Crippen LogP contribution >= 0.6 is 11.3 Å². The molecule has 0 saturated carbocycles. The van der Waals surface area contributed by atoms with Gasteiger partial charge in [-0.15, -0.1) is 11.3 Å². The quantitative estimate of drug-likeness (QED) is 0.873. The number of rotatable bonds is 5. The molecule has 1 aromatic carbocycles. The van der Waals surface area contributed by atoms with Crippen LogP contribution in [0.15, 0.2) is 36.4 Å². The summed E-state index contributed by atoms with van der Waals surface area (Å²) in [5, 5.41) is 0. The van der Waals surface area contributed by atoms with Gasteiger partial charge in [0.2, 0.25) is 0 Å². The zero-order valence-corrected chi connectivity index (χ0v) is 13.1. The zero-order valence-electron chi connectivity index (χ0n) is 12.3. The lowest BCUT2D eigenvalue weighted by atomic mass is 9.76. The summed E-state index contributed by atoms with van der Waals surface area (Å²) < 4.78 is 13.0. The second kappa shape index (κ2) is 6.06. The van der Waals surface area contributed by atoms with E-state index in [2.05, 4.69) is 32.9 Å². The molecular formula is C17H22FNS. The van der Waals surface area contributed by atoms with E-state index in [-0.39, 0.29) is 17.3 Å². The maximum Gasteiger partial charge on any atom is 0.123 e. The molecule has 20 heavy (non-hydrogen) atoms. The molecule has 1 atom stereocenters. The fraction of sp³-hybridized carbons (Fsp3) is 0.412. The first kappa shape index (κ1) is 15.2. The molecule has 108 valence electrons. The van der Waals surface area contributed by atoms with Gasteiger partial charge >= 0.3 is 0 Å². The maximum absolute atomic E-state index is 13.0. The third-order valence-corrected chi connectivity index (χ3v) is 5.25. The van der Waals surface area contributed by atoms with Crippen LogP contribution in [-0.4, -0.2) is 6.04 Å². The van der Waals surface area contributed by atoms with E-state index in [0.29, 0.717) is 0 Å². The lowest BCUT2D eigenvalue weighted by Gasteiger charge is -2.32. The van der Waals surface area contributed by atoms with Crippen molar-refractivity contribution in [3.05, 3.63) is 57.5 Å². The molecule has 2 rings (SSSR count). The molecule has 0 aliphatic rings. The standard InChI is InChI=1S/C17H22FNS/c1-4-14-9-10-15(20-14)11-16(19)17(2,3)12-5-7-13(18)8-6-12/h5-10,16H,4,11,19H2,1-3H3. The second-order valence-electron chi connectivity index (χ2n) is 5.76. The Morgan fingerprint density at radius 1 is 1.10 bits per heavy atom. The smallest absolute Gasteiger partial charge is 0.123 e. The summed E-state index contributed by atoms with van der Waals surface area (Å²) in [6.07, 6.45) is 1.93. The van der Waals surface area contributed by atoms with Crippen molar-refractivity contribution in [1.29, 1.82) is 0 Å². The molecule has 3 heteroatoms. The van der Waals surface area contributed by atoms with Gasteiger partial charge in [-0.3, -0.25) is 0 Å². The first-order chi connectivity index (χ1) is 9.43. The number of hydrogen-bond acceptors (Lipinski definition) is 2.